The molecule has 6 rings (SSSR count). The molecule has 0 amide bonds. The summed E-state index contributed by atoms with van der Waals surface area (Å²) in [6, 6.07) is 7.31. The Hall–Kier alpha value is -1.75. The average molecular weight is 398 g/mol. The van der Waals surface area contributed by atoms with Gasteiger partial charge < -0.3 is 14.2 Å². The maximum Gasteiger partial charge on any atom is 0.511 e. The predicted octanol–water partition coefficient (Wildman–Crippen LogP) is 4.56. The Morgan fingerprint density at radius 1 is 1.10 bits per heavy atom. The van der Waals surface area contributed by atoms with Crippen molar-refractivity contribution in [3.8, 4) is 5.75 Å². The number of nitrogens with zero attached hydrogens (tertiary/aromatic N) is 1. The Balaban J connectivity index is 1.17. The van der Waals surface area contributed by atoms with E-state index < -0.39 is 6.16 Å². The van der Waals surface area contributed by atoms with E-state index in [1.165, 1.54) is 62.7 Å². The van der Waals surface area contributed by atoms with Gasteiger partial charge in [-0.15, -0.1) is 0 Å². The van der Waals surface area contributed by atoms with Crippen molar-refractivity contribution >= 4 is 6.16 Å². The molecule has 1 spiro atoms. The number of fused-ring (bicyclic) bond motifs is 3. The van der Waals surface area contributed by atoms with Crippen LogP contribution >= 0.6 is 0 Å². The molecule has 2 saturated heterocycles. The van der Waals surface area contributed by atoms with Gasteiger partial charge in [0.15, 0.2) is 0 Å². The second kappa shape index (κ2) is 6.63. The molecule has 0 aromatic heterocycles. The van der Waals surface area contributed by atoms with Crippen molar-refractivity contribution in [1.82, 2.24) is 4.90 Å². The van der Waals surface area contributed by atoms with Crippen LogP contribution in [-0.2, 0) is 21.3 Å². The Labute approximate surface area is 172 Å². The highest BCUT2D eigenvalue weighted by atomic mass is 16.8. The first-order valence-corrected chi connectivity index (χ1v) is 11.5. The number of carbonyl (C=O) groups is 1. The van der Waals surface area contributed by atoms with E-state index in [-0.39, 0.29) is 12.9 Å². The van der Waals surface area contributed by atoms with Gasteiger partial charge in [0.05, 0.1) is 0 Å². The molecule has 29 heavy (non-hydrogen) atoms. The summed E-state index contributed by atoms with van der Waals surface area (Å²) in [5.41, 5.74) is 3.86. The van der Waals surface area contributed by atoms with Crippen LogP contribution < -0.4 is 4.74 Å². The van der Waals surface area contributed by atoms with Crippen LogP contribution in [0.4, 0.5) is 4.79 Å². The highest BCUT2D eigenvalue weighted by molar-refractivity contribution is 5.60. The second-order valence-electron chi connectivity index (χ2n) is 9.89. The minimum Gasteiger partial charge on any atom is -0.457 e. The summed E-state index contributed by atoms with van der Waals surface area (Å²) in [6.07, 6.45) is 11.5. The van der Waals surface area contributed by atoms with Gasteiger partial charge >= 0.3 is 6.16 Å². The van der Waals surface area contributed by atoms with E-state index in [0.29, 0.717) is 10.8 Å². The second-order valence-corrected chi connectivity index (χ2v) is 9.89. The van der Waals surface area contributed by atoms with E-state index in [2.05, 4.69) is 17.0 Å². The molecule has 5 heteroatoms. The molecule has 0 radical (unpaired) electrons. The van der Waals surface area contributed by atoms with Crippen molar-refractivity contribution in [1.29, 1.82) is 0 Å². The Bertz CT molecular complexity index is 811. The molecule has 4 atom stereocenters. The van der Waals surface area contributed by atoms with Crippen LogP contribution in [0.1, 0.15) is 68.9 Å². The lowest BCUT2D eigenvalue weighted by molar-refractivity contribution is -0.198. The molecule has 1 aromatic carbocycles. The molecule has 1 unspecified atom stereocenters. The van der Waals surface area contributed by atoms with Gasteiger partial charge in [0.1, 0.15) is 11.9 Å². The molecule has 2 heterocycles. The third-order valence-electron chi connectivity index (χ3n) is 8.80. The van der Waals surface area contributed by atoms with Crippen LogP contribution in [0, 0.1) is 5.41 Å². The maximum absolute atomic E-state index is 11.9. The van der Waals surface area contributed by atoms with Gasteiger partial charge in [-0.1, -0.05) is 18.9 Å². The van der Waals surface area contributed by atoms with Gasteiger partial charge in [0.25, 0.3) is 0 Å². The standard InChI is InChI=1S/C24H31NO4/c26-22(29-18-5-1-2-6-18)28-16-27-19-8-7-17-13-21-24-10-4-3-9-23(24,20(17)14-19)11-12-25(21)15-24/h7-8,14,18,21H,1-6,9-13,15-16H2/t21-,23+,24-/m0/s1. The van der Waals surface area contributed by atoms with E-state index in [0.717, 1.165) is 37.5 Å². The van der Waals surface area contributed by atoms with Crippen LogP contribution in [-0.4, -0.2) is 43.1 Å². The Morgan fingerprint density at radius 3 is 2.86 bits per heavy atom. The first-order valence-electron chi connectivity index (χ1n) is 11.5. The number of benzene rings is 1. The lowest BCUT2D eigenvalue weighted by Crippen LogP contribution is -2.79. The SMILES string of the molecule is O=C(OCOc1ccc2c(c1)[C@]13CCCC[C@@]14CN(CC3)[C@H]4C2)OC1CCCC1. The quantitative estimate of drug-likeness (QED) is 0.551. The minimum absolute atomic E-state index is 0.0223. The minimum atomic E-state index is -0.607. The maximum atomic E-state index is 11.9. The number of carbonyl (C=O) groups excluding carboxylic acids is 1. The summed E-state index contributed by atoms with van der Waals surface area (Å²) in [7, 11) is 0. The van der Waals surface area contributed by atoms with Crippen LogP contribution in [0.25, 0.3) is 0 Å². The first-order chi connectivity index (χ1) is 14.2. The number of rotatable bonds is 4. The number of hydrogen-bond donors (Lipinski definition) is 0. The fraction of sp³-hybridized carbons (Fsp3) is 0.708. The molecule has 3 aliphatic carbocycles. The lowest BCUT2D eigenvalue weighted by atomic mass is 9.40. The van der Waals surface area contributed by atoms with Crippen molar-refractivity contribution < 1.29 is 19.0 Å². The van der Waals surface area contributed by atoms with Crippen LogP contribution in [0.3, 0.4) is 0 Å². The fourth-order valence-electron chi connectivity index (χ4n) is 7.49. The van der Waals surface area contributed by atoms with Crippen molar-refractivity contribution in [2.24, 2.45) is 5.41 Å². The van der Waals surface area contributed by atoms with Crippen molar-refractivity contribution in [3.05, 3.63) is 29.3 Å². The monoisotopic (exact) mass is 397 g/mol. The topological polar surface area (TPSA) is 48.0 Å². The van der Waals surface area contributed by atoms with Crippen molar-refractivity contribution in [3.63, 3.8) is 0 Å². The third-order valence-corrected chi connectivity index (χ3v) is 8.80. The fourth-order valence-corrected chi connectivity index (χ4v) is 7.49. The molecule has 5 nitrogen and oxygen atoms in total. The summed E-state index contributed by atoms with van der Waals surface area (Å²) < 4.78 is 16.3. The molecule has 2 saturated carbocycles. The molecule has 156 valence electrons. The van der Waals surface area contributed by atoms with Crippen LogP contribution in [0.2, 0.25) is 0 Å². The number of hydrogen-bond acceptors (Lipinski definition) is 5. The van der Waals surface area contributed by atoms with Crippen molar-refractivity contribution in [2.75, 3.05) is 19.9 Å². The van der Waals surface area contributed by atoms with E-state index in [1.54, 1.807) is 0 Å². The van der Waals surface area contributed by atoms with Crippen LogP contribution in [0.5, 0.6) is 5.75 Å². The summed E-state index contributed by atoms with van der Waals surface area (Å²) in [5, 5.41) is 0. The number of piperidine rings is 2. The normalized spacial score (nSPS) is 37.1. The molecule has 2 bridgehead atoms. The Kier molecular flexibility index (Phi) is 4.13. The summed E-state index contributed by atoms with van der Waals surface area (Å²) in [5.74, 6) is 0.813. The van der Waals surface area contributed by atoms with E-state index >= 15 is 0 Å². The zero-order valence-corrected chi connectivity index (χ0v) is 17.2. The van der Waals surface area contributed by atoms with Gasteiger partial charge in [-0.25, -0.2) is 4.79 Å². The number of ether oxygens (including phenoxy) is 3. The average Bonchev–Trinajstić information content (AvgIpc) is 3.24. The molecular weight excluding hydrogens is 366 g/mol. The summed E-state index contributed by atoms with van der Waals surface area (Å²) >= 11 is 0. The van der Waals surface area contributed by atoms with E-state index in [4.69, 9.17) is 14.2 Å². The predicted molar refractivity (Wildman–Crippen MR) is 108 cm³/mol. The first kappa shape index (κ1) is 18.1. The largest absolute Gasteiger partial charge is 0.511 e. The molecule has 4 fully saturated rings. The lowest BCUT2D eigenvalue weighted by Gasteiger charge is -2.74. The summed E-state index contributed by atoms with van der Waals surface area (Å²) in [6.45, 7) is 2.45. The molecule has 1 aromatic rings. The van der Waals surface area contributed by atoms with Gasteiger partial charge in [-0.3, -0.25) is 4.90 Å². The highest BCUT2D eigenvalue weighted by Crippen LogP contribution is 2.68. The smallest absolute Gasteiger partial charge is 0.457 e. The molecular formula is C24H31NO4. The van der Waals surface area contributed by atoms with Gasteiger partial charge in [0.2, 0.25) is 6.79 Å². The Morgan fingerprint density at radius 2 is 1.97 bits per heavy atom. The van der Waals surface area contributed by atoms with E-state index in [1.807, 2.05) is 6.07 Å². The van der Waals surface area contributed by atoms with E-state index in [9.17, 15) is 4.79 Å². The van der Waals surface area contributed by atoms with Crippen LogP contribution in [0.15, 0.2) is 18.2 Å². The van der Waals surface area contributed by atoms with Crippen molar-refractivity contribution in [2.45, 2.75) is 81.8 Å². The molecule has 5 aliphatic rings. The molecule has 2 aliphatic heterocycles. The van der Waals surface area contributed by atoms with Gasteiger partial charge in [0, 0.05) is 23.4 Å². The molecule has 0 N–H and O–H groups in total. The van der Waals surface area contributed by atoms with Gasteiger partial charge in [-0.05, 0) is 81.2 Å². The zero-order valence-electron chi connectivity index (χ0n) is 17.2. The highest BCUT2D eigenvalue weighted by Gasteiger charge is 2.69. The summed E-state index contributed by atoms with van der Waals surface area (Å²) in [4.78, 5) is 14.6. The zero-order chi connectivity index (χ0) is 19.5. The van der Waals surface area contributed by atoms with Gasteiger partial charge in [-0.2, -0.15) is 0 Å². The third kappa shape index (κ3) is 2.59.